The first-order valence-electron chi connectivity index (χ1n) is 5.07. The zero-order valence-corrected chi connectivity index (χ0v) is 12.4. The fourth-order valence-corrected chi connectivity index (χ4v) is 2.77. The normalized spacial score (nSPS) is 10.4. The second-order valence-electron chi connectivity index (χ2n) is 3.62. The van der Waals surface area contributed by atoms with Crippen molar-refractivity contribution in [2.24, 2.45) is 5.84 Å². The van der Waals surface area contributed by atoms with Crippen molar-refractivity contribution in [2.45, 2.75) is 6.54 Å². The molecular weight excluding hydrogens is 364 g/mol. The van der Waals surface area contributed by atoms with Crippen molar-refractivity contribution in [3.63, 3.8) is 0 Å². The predicted octanol–water partition coefficient (Wildman–Crippen LogP) is 2.10. The fourth-order valence-electron chi connectivity index (χ4n) is 1.51. The van der Waals surface area contributed by atoms with Crippen LogP contribution >= 0.6 is 31.9 Å². The van der Waals surface area contributed by atoms with Crippen LogP contribution in [0.3, 0.4) is 0 Å². The van der Waals surface area contributed by atoms with Crippen molar-refractivity contribution in [1.82, 2.24) is 9.55 Å². The molecule has 18 heavy (non-hydrogen) atoms. The van der Waals surface area contributed by atoms with Crippen LogP contribution in [0.2, 0.25) is 0 Å². The summed E-state index contributed by atoms with van der Waals surface area (Å²) in [5.74, 6) is 5.33. The van der Waals surface area contributed by atoms with Gasteiger partial charge in [-0.25, -0.2) is 0 Å². The number of aromatic nitrogens is 2. The van der Waals surface area contributed by atoms with Crippen LogP contribution in [0, 0.1) is 0 Å². The summed E-state index contributed by atoms with van der Waals surface area (Å²) in [7, 11) is 0. The summed E-state index contributed by atoms with van der Waals surface area (Å²) in [6, 6.07) is 5.26. The molecule has 0 aliphatic rings. The van der Waals surface area contributed by atoms with Crippen molar-refractivity contribution < 1.29 is 0 Å². The zero-order valence-electron chi connectivity index (χ0n) is 9.23. The standard InChI is InChI=1S/C11H10Br2N4O/c12-7-3-10(13)11(18)17(5-7)6-9-4-8(16-14)1-2-15-9/h1-5H,6,14H2,(H,15,16). The molecule has 2 aromatic heterocycles. The SMILES string of the molecule is NNc1ccnc(Cn2cc(Br)cc(Br)c2=O)c1. The van der Waals surface area contributed by atoms with Crippen molar-refractivity contribution in [3.8, 4) is 0 Å². The van der Waals surface area contributed by atoms with E-state index >= 15 is 0 Å². The molecule has 0 spiro atoms. The van der Waals surface area contributed by atoms with E-state index in [0.717, 1.165) is 15.9 Å². The van der Waals surface area contributed by atoms with E-state index in [4.69, 9.17) is 5.84 Å². The molecule has 0 amide bonds. The zero-order chi connectivity index (χ0) is 13.1. The highest BCUT2D eigenvalue weighted by molar-refractivity contribution is 9.11. The van der Waals surface area contributed by atoms with Crippen molar-refractivity contribution in [1.29, 1.82) is 0 Å². The van der Waals surface area contributed by atoms with Crippen LogP contribution < -0.4 is 16.8 Å². The Hall–Kier alpha value is -1.18. The number of nitrogen functional groups attached to an aromatic ring is 1. The molecule has 2 aromatic rings. The number of nitrogens with two attached hydrogens (primary N) is 1. The Balaban J connectivity index is 2.36. The Morgan fingerprint density at radius 1 is 1.39 bits per heavy atom. The summed E-state index contributed by atoms with van der Waals surface area (Å²) in [4.78, 5) is 16.1. The van der Waals surface area contributed by atoms with Crippen LogP contribution in [-0.2, 0) is 6.54 Å². The second-order valence-corrected chi connectivity index (χ2v) is 5.39. The summed E-state index contributed by atoms with van der Waals surface area (Å²) in [5.41, 5.74) is 3.94. The van der Waals surface area contributed by atoms with E-state index in [9.17, 15) is 4.79 Å². The minimum absolute atomic E-state index is 0.105. The van der Waals surface area contributed by atoms with Crippen molar-refractivity contribution in [2.75, 3.05) is 5.43 Å². The molecule has 2 heterocycles. The molecule has 0 saturated heterocycles. The first-order chi connectivity index (χ1) is 8.60. The highest BCUT2D eigenvalue weighted by Gasteiger charge is 2.05. The average molecular weight is 374 g/mol. The Kier molecular flexibility index (Phi) is 4.15. The Morgan fingerprint density at radius 3 is 2.89 bits per heavy atom. The molecule has 0 atom stereocenters. The van der Waals surface area contributed by atoms with E-state index in [1.807, 2.05) is 0 Å². The van der Waals surface area contributed by atoms with E-state index < -0.39 is 0 Å². The smallest absolute Gasteiger partial charge is 0.265 e. The summed E-state index contributed by atoms with van der Waals surface area (Å²) >= 11 is 6.57. The molecule has 0 fully saturated rings. The molecule has 7 heteroatoms. The van der Waals surface area contributed by atoms with Crippen LogP contribution in [0.5, 0.6) is 0 Å². The summed E-state index contributed by atoms with van der Waals surface area (Å²) < 4.78 is 2.89. The fraction of sp³-hybridized carbons (Fsp3) is 0.0909. The van der Waals surface area contributed by atoms with Gasteiger partial charge in [-0.3, -0.25) is 15.6 Å². The van der Waals surface area contributed by atoms with E-state index in [2.05, 4.69) is 42.3 Å². The topological polar surface area (TPSA) is 72.9 Å². The molecular formula is C11H10Br2N4O. The number of hydrazine groups is 1. The summed E-state index contributed by atoms with van der Waals surface area (Å²) in [6.07, 6.45) is 3.36. The van der Waals surface area contributed by atoms with Crippen LogP contribution in [-0.4, -0.2) is 9.55 Å². The summed E-state index contributed by atoms with van der Waals surface area (Å²) in [6.45, 7) is 0.381. The summed E-state index contributed by atoms with van der Waals surface area (Å²) in [5, 5.41) is 0. The Bertz CT molecular complexity index is 627. The molecule has 0 unspecified atom stereocenters. The van der Waals surface area contributed by atoms with Crippen LogP contribution in [0.4, 0.5) is 5.69 Å². The van der Waals surface area contributed by atoms with Gasteiger partial charge in [-0.15, -0.1) is 0 Å². The third-order valence-corrected chi connectivity index (χ3v) is 3.33. The minimum atomic E-state index is -0.105. The van der Waals surface area contributed by atoms with E-state index in [1.165, 1.54) is 0 Å². The quantitative estimate of drug-likeness (QED) is 0.638. The van der Waals surface area contributed by atoms with Gasteiger partial charge in [-0.1, -0.05) is 0 Å². The van der Waals surface area contributed by atoms with Gasteiger partial charge in [0.1, 0.15) is 0 Å². The van der Waals surface area contributed by atoms with Gasteiger partial charge >= 0.3 is 0 Å². The first kappa shape index (κ1) is 13.3. The third-order valence-electron chi connectivity index (χ3n) is 2.32. The maximum absolute atomic E-state index is 11.9. The van der Waals surface area contributed by atoms with Crippen LogP contribution in [0.25, 0.3) is 0 Å². The Morgan fingerprint density at radius 2 is 2.17 bits per heavy atom. The van der Waals surface area contributed by atoms with Gasteiger partial charge in [-0.2, -0.15) is 0 Å². The molecule has 3 N–H and O–H groups in total. The van der Waals surface area contributed by atoms with Gasteiger partial charge in [0.15, 0.2) is 0 Å². The van der Waals surface area contributed by atoms with Gasteiger partial charge < -0.3 is 9.99 Å². The lowest BCUT2D eigenvalue weighted by atomic mass is 10.3. The molecule has 5 nitrogen and oxygen atoms in total. The number of halogens is 2. The second kappa shape index (κ2) is 5.64. The van der Waals surface area contributed by atoms with Crippen molar-refractivity contribution >= 4 is 37.5 Å². The molecule has 2 rings (SSSR count). The average Bonchev–Trinajstić information content (AvgIpc) is 2.35. The third kappa shape index (κ3) is 2.98. The van der Waals surface area contributed by atoms with Crippen molar-refractivity contribution in [3.05, 3.63) is 55.6 Å². The number of pyridine rings is 2. The Labute approximate surface area is 120 Å². The molecule has 0 aromatic carbocycles. The van der Waals surface area contributed by atoms with Gasteiger partial charge in [0.2, 0.25) is 0 Å². The lowest BCUT2D eigenvalue weighted by Crippen LogP contribution is -2.21. The molecule has 0 radical (unpaired) electrons. The van der Waals surface area contributed by atoms with Crippen LogP contribution in [0.1, 0.15) is 5.69 Å². The first-order valence-corrected chi connectivity index (χ1v) is 6.66. The van der Waals surface area contributed by atoms with Gasteiger partial charge in [0.25, 0.3) is 5.56 Å². The largest absolute Gasteiger partial charge is 0.324 e. The maximum Gasteiger partial charge on any atom is 0.265 e. The highest BCUT2D eigenvalue weighted by atomic mass is 79.9. The van der Waals surface area contributed by atoms with E-state index in [1.54, 1.807) is 35.2 Å². The number of hydrogen-bond acceptors (Lipinski definition) is 4. The minimum Gasteiger partial charge on any atom is -0.324 e. The maximum atomic E-state index is 11.9. The molecule has 94 valence electrons. The molecule has 0 aliphatic heterocycles. The number of nitrogens with zero attached hydrogens (tertiary/aromatic N) is 2. The molecule has 0 aliphatic carbocycles. The van der Waals surface area contributed by atoms with Crippen LogP contribution in [0.15, 0.2) is 44.3 Å². The molecule has 0 bridgehead atoms. The van der Waals surface area contributed by atoms with Gasteiger partial charge in [0, 0.05) is 16.9 Å². The highest BCUT2D eigenvalue weighted by Crippen LogP contribution is 2.14. The number of anilines is 1. The lowest BCUT2D eigenvalue weighted by molar-refractivity contribution is 0.733. The monoisotopic (exact) mass is 372 g/mol. The van der Waals surface area contributed by atoms with Gasteiger partial charge in [-0.05, 0) is 50.1 Å². The predicted molar refractivity (Wildman–Crippen MR) is 77.3 cm³/mol. The lowest BCUT2D eigenvalue weighted by Gasteiger charge is -2.08. The molecule has 0 saturated carbocycles. The van der Waals surface area contributed by atoms with Gasteiger partial charge in [0.05, 0.1) is 22.4 Å². The number of hydrogen-bond donors (Lipinski definition) is 2. The van der Waals surface area contributed by atoms with E-state index in [-0.39, 0.29) is 5.56 Å². The number of rotatable bonds is 3. The van der Waals surface area contributed by atoms with E-state index in [0.29, 0.717) is 11.0 Å². The number of nitrogens with one attached hydrogen (secondary N) is 1.